The normalized spacial score (nSPS) is 17.9. The van der Waals surface area contributed by atoms with Gasteiger partial charge in [0.1, 0.15) is 0 Å². The summed E-state index contributed by atoms with van der Waals surface area (Å²) in [6.45, 7) is 11.1. The Morgan fingerprint density at radius 3 is 2.32 bits per heavy atom. The first-order valence-electron chi connectivity index (χ1n) is 8.63. The molecule has 138 valence electrons. The van der Waals surface area contributed by atoms with Gasteiger partial charge in [0.05, 0.1) is 6.42 Å². The van der Waals surface area contributed by atoms with Crippen molar-refractivity contribution in [2.24, 2.45) is 5.92 Å². The SMILES string of the molecule is Cc1nc(N)nc(C)c1CC(=O)N(C)CC1CC(=O)N(C(C)(C)C)C1. The van der Waals surface area contributed by atoms with Gasteiger partial charge in [-0.1, -0.05) is 0 Å². The Kier molecular flexibility index (Phi) is 5.34. The summed E-state index contributed by atoms with van der Waals surface area (Å²) >= 11 is 0. The van der Waals surface area contributed by atoms with Crippen molar-refractivity contribution in [2.45, 2.75) is 53.0 Å². The Bertz CT molecular complexity index is 658. The topological polar surface area (TPSA) is 92.4 Å². The number of likely N-dealkylation sites (N-methyl/N-ethyl adjacent to an activating group) is 1. The molecule has 1 aromatic rings. The van der Waals surface area contributed by atoms with Crippen LogP contribution in [0, 0.1) is 19.8 Å². The number of amides is 2. The van der Waals surface area contributed by atoms with E-state index in [4.69, 9.17) is 5.73 Å². The highest BCUT2D eigenvalue weighted by atomic mass is 16.2. The molecule has 1 fully saturated rings. The lowest BCUT2D eigenvalue weighted by Gasteiger charge is -2.32. The lowest BCUT2D eigenvalue weighted by atomic mass is 10.1. The van der Waals surface area contributed by atoms with Gasteiger partial charge in [-0.25, -0.2) is 9.97 Å². The maximum absolute atomic E-state index is 12.6. The maximum atomic E-state index is 12.6. The van der Waals surface area contributed by atoms with Crippen LogP contribution in [0.4, 0.5) is 5.95 Å². The number of nitrogen functional groups attached to an aromatic ring is 1. The number of aromatic nitrogens is 2. The van der Waals surface area contributed by atoms with Crippen molar-refractivity contribution in [1.82, 2.24) is 19.8 Å². The Balaban J connectivity index is 1.99. The molecule has 7 nitrogen and oxygen atoms in total. The van der Waals surface area contributed by atoms with Crippen LogP contribution in [0.15, 0.2) is 0 Å². The van der Waals surface area contributed by atoms with Crippen LogP contribution >= 0.6 is 0 Å². The minimum atomic E-state index is -0.177. The molecule has 7 heteroatoms. The van der Waals surface area contributed by atoms with Crippen LogP contribution in [0.3, 0.4) is 0 Å². The van der Waals surface area contributed by atoms with E-state index in [0.717, 1.165) is 17.0 Å². The first kappa shape index (κ1) is 19.1. The highest BCUT2D eigenvalue weighted by molar-refractivity contribution is 5.81. The van der Waals surface area contributed by atoms with Crippen LogP contribution < -0.4 is 5.73 Å². The van der Waals surface area contributed by atoms with Crippen molar-refractivity contribution in [3.05, 3.63) is 17.0 Å². The van der Waals surface area contributed by atoms with Gasteiger partial charge < -0.3 is 15.5 Å². The predicted octanol–water partition coefficient (Wildman–Crippen LogP) is 1.32. The van der Waals surface area contributed by atoms with Gasteiger partial charge in [0.15, 0.2) is 0 Å². The van der Waals surface area contributed by atoms with Gasteiger partial charge in [-0.2, -0.15) is 0 Å². The second-order valence-corrected chi connectivity index (χ2v) is 7.93. The number of hydrogen-bond donors (Lipinski definition) is 1. The van der Waals surface area contributed by atoms with Crippen LogP contribution in [0.2, 0.25) is 0 Å². The van der Waals surface area contributed by atoms with Crippen molar-refractivity contribution in [2.75, 3.05) is 25.9 Å². The number of likely N-dealkylation sites (tertiary alicyclic amines) is 1. The molecule has 1 atom stereocenters. The number of rotatable bonds is 4. The number of carbonyl (C=O) groups excluding carboxylic acids is 2. The van der Waals surface area contributed by atoms with E-state index in [1.807, 2.05) is 39.5 Å². The van der Waals surface area contributed by atoms with Crippen molar-refractivity contribution < 1.29 is 9.59 Å². The molecule has 1 saturated heterocycles. The predicted molar refractivity (Wildman–Crippen MR) is 96.8 cm³/mol. The molecular formula is C18H29N5O2. The van der Waals surface area contributed by atoms with E-state index in [-0.39, 0.29) is 35.6 Å². The molecule has 1 aliphatic rings. The highest BCUT2D eigenvalue weighted by Crippen LogP contribution is 2.26. The van der Waals surface area contributed by atoms with Crippen LogP contribution in [-0.4, -0.2) is 57.3 Å². The molecule has 2 heterocycles. The first-order chi connectivity index (χ1) is 11.5. The number of hydrogen-bond acceptors (Lipinski definition) is 5. The summed E-state index contributed by atoms with van der Waals surface area (Å²) in [6, 6.07) is 0. The minimum Gasteiger partial charge on any atom is -0.368 e. The zero-order valence-electron chi connectivity index (χ0n) is 16.1. The largest absolute Gasteiger partial charge is 0.368 e. The molecule has 0 aliphatic carbocycles. The maximum Gasteiger partial charge on any atom is 0.226 e. The fourth-order valence-corrected chi connectivity index (χ4v) is 3.35. The summed E-state index contributed by atoms with van der Waals surface area (Å²) < 4.78 is 0. The van der Waals surface area contributed by atoms with Crippen LogP contribution in [-0.2, 0) is 16.0 Å². The summed E-state index contributed by atoms with van der Waals surface area (Å²) in [6.07, 6.45) is 0.746. The van der Waals surface area contributed by atoms with Gasteiger partial charge in [-0.15, -0.1) is 0 Å². The quantitative estimate of drug-likeness (QED) is 0.887. The van der Waals surface area contributed by atoms with E-state index in [0.29, 0.717) is 19.5 Å². The average Bonchev–Trinajstić information content (AvgIpc) is 2.83. The molecule has 0 bridgehead atoms. The van der Waals surface area contributed by atoms with Crippen molar-refractivity contribution in [3.8, 4) is 0 Å². The van der Waals surface area contributed by atoms with Gasteiger partial charge >= 0.3 is 0 Å². The number of nitrogens with zero attached hydrogens (tertiary/aromatic N) is 4. The Hall–Kier alpha value is -2.18. The summed E-state index contributed by atoms with van der Waals surface area (Å²) in [7, 11) is 1.79. The average molecular weight is 347 g/mol. The van der Waals surface area contributed by atoms with Gasteiger partial charge in [0.2, 0.25) is 17.8 Å². The van der Waals surface area contributed by atoms with E-state index in [2.05, 4.69) is 9.97 Å². The second-order valence-electron chi connectivity index (χ2n) is 7.93. The lowest BCUT2D eigenvalue weighted by molar-refractivity contribution is -0.132. The van der Waals surface area contributed by atoms with E-state index in [1.165, 1.54) is 0 Å². The first-order valence-corrected chi connectivity index (χ1v) is 8.63. The molecule has 0 spiro atoms. The fraction of sp³-hybridized carbons (Fsp3) is 0.667. The number of carbonyl (C=O) groups is 2. The zero-order chi connectivity index (χ0) is 18.9. The smallest absolute Gasteiger partial charge is 0.226 e. The molecule has 2 rings (SSSR count). The summed E-state index contributed by atoms with van der Waals surface area (Å²) in [5, 5.41) is 0. The Labute approximate surface area is 149 Å². The molecule has 2 N–H and O–H groups in total. The summed E-state index contributed by atoms with van der Waals surface area (Å²) in [4.78, 5) is 36.7. The van der Waals surface area contributed by atoms with E-state index >= 15 is 0 Å². The summed E-state index contributed by atoms with van der Waals surface area (Å²) in [5.41, 5.74) is 7.76. The number of nitrogens with two attached hydrogens (primary N) is 1. The molecule has 0 aromatic carbocycles. The fourth-order valence-electron chi connectivity index (χ4n) is 3.35. The standard InChI is InChI=1S/C18H29N5O2/c1-11-14(12(2)21-17(19)20-11)8-15(24)22(6)9-13-7-16(25)23(10-13)18(3,4)5/h13H,7-10H2,1-6H3,(H2,19,20,21). The molecule has 1 aliphatic heterocycles. The Morgan fingerprint density at radius 1 is 1.28 bits per heavy atom. The molecule has 0 saturated carbocycles. The van der Waals surface area contributed by atoms with E-state index < -0.39 is 0 Å². The van der Waals surface area contributed by atoms with Crippen molar-refractivity contribution in [1.29, 1.82) is 0 Å². The van der Waals surface area contributed by atoms with Gasteiger partial charge in [-0.3, -0.25) is 9.59 Å². The van der Waals surface area contributed by atoms with Crippen molar-refractivity contribution in [3.63, 3.8) is 0 Å². The second kappa shape index (κ2) is 6.98. The van der Waals surface area contributed by atoms with Crippen LogP contribution in [0.1, 0.15) is 44.1 Å². The van der Waals surface area contributed by atoms with Crippen LogP contribution in [0.25, 0.3) is 0 Å². The molecule has 2 amide bonds. The molecule has 1 unspecified atom stereocenters. The van der Waals surface area contributed by atoms with Gasteiger partial charge in [-0.05, 0) is 34.6 Å². The minimum absolute atomic E-state index is 0.00114. The number of aryl methyl sites for hydroxylation is 2. The third-order valence-electron chi connectivity index (χ3n) is 4.74. The Morgan fingerprint density at radius 2 is 1.84 bits per heavy atom. The molecular weight excluding hydrogens is 318 g/mol. The monoisotopic (exact) mass is 347 g/mol. The molecule has 1 aromatic heterocycles. The zero-order valence-corrected chi connectivity index (χ0v) is 16.1. The highest BCUT2D eigenvalue weighted by Gasteiger charge is 2.36. The van der Waals surface area contributed by atoms with Crippen LogP contribution in [0.5, 0.6) is 0 Å². The summed E-state index contributed by atoms with van der Waals surface area (Å²) in [5.74, 6) is 0.565. The molecule has 25 heavy (non-hydrogen) atoms. The van der Waals surface area contributed by atoms with Crippen molar-refractivity contribution >= 4 is 17.8 Å². The lowest BCUT2D eigenvalue weighted by Crippen LogP contribution is -2.43. The van der Waals surface area contributed by atoms with E-state index in [9.17, 15) is 9.59 Å². The van der Waals surface area contributed by atoms with Gasteiger partial charge in [0.25, 0.3) is 0 Å². The molecule has 0 radical (unpaired) electrons. The van der Waals surface area contributed by atoms with E-state index in [1.54, 1.807) is 11.9 Å². The van der Waals surface area contributed by atoms with Gasteiger partial charge in [0, 0.05) is 55.0 Å². The third kappa shape index (κ3) is 4.46. The third-order valence-corrected chi connectivity index (χ3v) is 4.74. The number of anilines is 1.